The van der Waals surface area contributed by atoms with Crippen molar-refractivity contribution in [1.29, 1.82) is 0 Å². The van der Waals surface area contributed by atoms with E-state index in [0.29, 0.717) is 11.9 Å². The van der Waals surface area contributed by atoms with E-state index in [1.165, 1.54) is 32.1 Å². The monoisotopic (exact) mass is 249 g/mol. The van der Waals surface area contributed by atoms with Gasteiger partial charge in [0.25, 0.3) is 0 Å². The van der Waals surface area contributed by atoms with Crippen LogP contribution in [-0.4, -0.2) is 34.2 Å². The van der Waals surface area contributed by atoms with E-state index < -0.39 is 0 Å². The third-order valence-electron chi connectivity index (χ3n) is 3.78. The van der Waals surface area contributed by atoms with Gasteiger partial charge in [-0.3, -0.25) is 4.90 Å². The lowest BCUT2D eigenvalue weighted by atomic mass is 9.94. The number of anilines is 1. The van der Waals surface area contributed by atoms with Crippen molar-refractivity contribution in [3.05, 3.63) is 23.9 Å². The summed E-state index contributed by atoms with van der Waals surface area (Å²) >= 11 is 0. The Morgan fingerprint density at radius 3 is 2.78 bits per heavy atom. The summed E-state index contributed by atoms with van der Waals surface area (Å²) in [5.41, 5.74) is 6.96. The molecule has 100 valence electrons. The summed E-state index contributed by atoms with van der Waals surface area (Å²) in [6.07, 6.45) is 8.14. The zero-order chi connectivity index (χ0) is 12.8. The van der Waals surface area contributed by atoms with Gasteiger partial charge in [0.1, 0.15) is 5.82 Å². The normalized spacial score (nSPS) is 17.2. The Hall–Kier alpha value is -1.13. The summed E-state index contributed by atoms with van der Waals surface area (Å²) in [5.74, 6) is 0.608. The molecular weight excluding hydrogens is 226 g/mol. The standard InChI is InChI=1S/C14H23N3O/c15-14-12(5-4-8-16-14)11-17(9-10-18)13-6-2-1-3-7-13/h4-5,8,13,18H,1-3,6-7,9-11H2,(H2,15,16). The number of nitrogens with zero attached hydrogens (tertiary/aromatic N) is 2. The van der Waals surface area contributed by atoms with Crippen LogP contribution in [0.15, 0.2) is 18.3 Å². The predicted molar refractivity (Wildman–Crippen MR) is 73.0 cm³/mol. The first kappa shape index (κ1) is 13.3. The second-order valence-electron chi connectivity index (χ2n) is 5.03. The van der Waals surface area contributed by atoms with Gasteiger partial charge in [-0.1, -0.05) is 25.3 Å². The number of aromatic nitrogens is 1. The Morgan fingerprint density at radius 2 is 2.11 bits per heavy atom. The van der Waals surface area contributed by atoms with Gasteiger partial charge in [0.15, 0.2) is 0 Å². The molecule has 0 spiro atoms. The first-order valence-electron chi connectivity index (χ1n) is 6.85. The van der Waals surface area contributed by atoms with Gasteiger partial charge in [-0.25, -0.2) is 4.98 Å². The second-order valence-corrected chi connectivity index (χ2v) is 5.03. The molecule has 1 fully saturated rings. The van der Waals surface area contributed by atoms with Gasteiger partial charge >= 0.3 is 0 Å². The number of aliphatic hydroxyl groups is 1. The Morgan fingerprint density at radius 1 is 1.33 bits per heavy atom. The van der Waals surface area contributed by atoms with Crippen molar-refractivity contribution in [2.75, 3.05) is 18.9 Å². The summed E-state index contributed by atoms with van der Waals surface area (Å²) < 4.78 is 0. The zero-order valence-corrected chi connectivity index (χ0v) is 10.9. The van der Waals surface area contributed by atoms with E-state index in [1.807, 2.05) is 12.1 Å². The average molecular weight is 249 g/mol. The molecule has 1 saturated carbocycles. The fourth-order valence-corrected chi connectivity index (χ4v) is 2.77. The Bertz CT molecular complexity index is 364. The molecule has 0 bridgehead atoms. The maximum absolute atomic E-state index is 9.23. The van der Waals surface area contributed by atoms with Crippen LogP contribution in [0.25, 0.3) is 0 Å². The molecular formula is C14H23N3O. The van der Waals surface area contributed by atoms with Gasteiger partial charge in [-0.2, -0.15) is 0 Å². The smallest absolute Gasteiger partial charge is 0.127 e. The average Bonchev–Trinajstić information content (AvgIpc) is 2.42. The van der Waals surface area contributed by atoms with Crippen molar-refractivity contribution in [3.63, 3.8) is 0 Å². The van der Waals surface area contributed by atoms with Crippen LogP contribution >= 0.6 is 0 Å². The molecule has 0 aliphatic heterocycles. The molecule has 0 unspecified atom stereocenters. The summed E-state index contributed by atoms with van der Waals surface area (Å²) in [6, 6.07) is 4.53. The van der Waals surface area contributed by atoms with E-state index in [9.17, 15) is 5.11 Å². The number of aliphatic hydroxyl groups excluding tert-OH is 1. The molecule has 1 aliphatic rings. The van der Waals surface area contributed by atoms with Crippen molar-refractivity contribution < 1.29 is 5.11 Å². The summed E-state index contributed by atoms with van der Waals surface area (Å²) in [6.45, 7) is 1.72. The molecule has 1 heterocycles. The highest BCUT2D eigenvalue weighted by atomic mass is 16.3. The molecule has 0 aromatic carbocycles. The van der Waals surface area contributed by atoms with Crippen molar-refractivity contribution in [2.24, 2.45) is 0 Å². The lowest BCUT2D eigenvalue weighted by Gasteiger charge is -2.34. The van der Waals surface area contributed by atoms with Gasteiger partial charge in [0.05, 0.1) is 6.61 Å². The number of hydrogen-bond donors (Lipinski definition) is 2. The van der Waals surface area contributed by atoms with Crippen LogP contribution < -0.4 is 5.73 Å². The number of rotatable bonds is 5. The molecule has 1 aromatic heterocycles. The maximum atomic E-state index is 9.23. The molecule has 4 heteroatoms. The molecule has 1 aromatic rings. The van der Waals surface area contributed by atoms with E-state index in [1.54, 1.807) is 6.20 Å². The molecule has 2 rings (SSSR count). The van der Waals surface area contributed by atoms with Gasteiger partial charge in [-0.15, -0.1) is 0 Å². The summed E-state index contributed by atoms with van der Waals surface area (Å²) in [7, 11) is 0. The Kier molecular flexibility index (Phi) is 4.96. The van der Waals surface area contributed by atoms with Gasteiger partial charge in [0, 0.05) is 30.9 Å². The van der Waals surface area contributed by atoms with Crippen molar-refractivity contribution in [2.45, 2.75) is 44.7 Å². The number of nitrogen functional groups attached to an aromatic ring is 1. The fourth-order valence-electron chi connectivity index (χ4n) is 2.77. The SMILES string of the molecule is Nc1ncccc1CN(CCO)C1CCCCC1. The van der Waals surface area contributed by atoms with Gasteiger partial charge in [0.2, 0.25) is 0 Å². The second kappa shape index (κ2) is 6.71. The van der Waals surface area contributed by atoms with Crippen LogP contribution in [0.3, 0.4) is 0 Å². The third kappa shape index (κ3) is 3.43. The minimum Gasteiger partial charge on any atom is -0.395 e. The van der Waals surface area contributed by atoms with E-state index in [2.05, 4.69) is 9.88 Å². The third-order valence-corrected chi connectivity index (χ3v) is 3.78. The first-order valence-corrected chi connectivity index (χ1v) is 6.85. The highest BCUT2D eigenvalue weighted by Gasteiger charge is 2.21. The molecule has 0 saturated heterocycles. The predicted octanol–water partition coefficient (Wildman–Crippen LogP) is 1.79. The van der Waals surface area contributed by atoms with Gasteiger partial charge < -0.3 is 10.8 Å². The van der Waals surface area contributed by atoms with Crippen LogP contribution in [0, 0.1) is 0 Å². The molecule has 1 aliphatic carbocycles. The fraction of sp³-hybridized carbons (Fsp3) is 0.643. The van der Waals surface area contributed by atoms with Crippen LogP contribution in [0.1, 0.15) is 37.7 Å². The van der Waals surface area contributed by atoms with Gasteiger partial charge in [-0.05, 0) is 18.9 Å². The van der Waals surface area contributed by atoms with E-state index >= 15 is 0 Å². The number of pyridine rings is 1. The number of hydrogen-bond acceptors (Lipinski definition) is 4. The lowest BCUT2D eigenvalue weighted by molar-refractivity contribution is 0.117. The molecule has 3 N–H and O–H groups in total. The minimum absolute atomic E-state index is 0.205. The van der Waals surface area contributed by atoms with Crippen LogP contribution in [-0.2, 0) is 6.54 Å². The Balaban J connectivity index is 2.03. The molecule has 0 amide bonds. The van der Waals surface area contributed by atoms with Crippen molar-refractivity contribution >= 4 is 5.82 Å². The van der Waals surface area contributed by atoms with Crippen LogP contribution in [0.2, 0.25) is 0 Å². The van der Waals surface area contributed by atoms with Crippen LogP contribution in [0.4, 0.5) is 5.82 Å². The van der Waals surface area contributed by atoms with Crippen LogP contribution in [0.5, 0.6) is 0 Å². The van der Waals surface area contributed by atoms with E-state index in [4.69, 9.17) is 5.73 Å². The quantitative estimate of drug-likeness (QED) is 0.835. The number of nitrogens with two attached hydrogens (primary N) is 1. The van der Waals surface area contributed by atoms with E-state index in [-0.39, 0.29) is 6.61 Å². The summed E-state index contributed by atoms with van der Waals surface area (Å²) in [5, 5.41) is 9.23. The molecule has 4 nitrogen and oxygen atoms in total. The zero-order valence-electron chi connectivity index (χ0n) is 10.9. The van der Waals surface area contributed by atoms with Crippen molar-refractivity contribution in [1.82, 2.24) is 9.88 Å². The highest BCUT2D eigenvalue weighted by Crippen LogP contribution is 2.24. The van der Waals surface area contributed by atoms with Crippen molar-refractivity contribution in [3.8, 4) is 0 Å². The highest BCUT2D eigenvalue weighted by molar-refractivity contribution is 5.38. The molecule has 18 heavy (non-hydrogen) atoms. The lowest BCUT2D eigenvalue weighted by Crippen LogP contribution is -2.38. The maximum Gasteiger partial charge on any atom is 0.127 e. The molecule has 0 atom stereocenters. The first-order chi connectivity index (χ1) is 8.81. The minimum atomic E-state index is 0.205. The van der Waals surface area contributed by atoms with E-state index in [0.717, 1.165) is 18.7 Å². The topological polar surface area (TPSA) is 62.4 Å². The summed E-state index contributed by atoms with van der Waals surface area (Å²) in [4.78, 5) is 6.48. The molecule has 0 radical (unpaired) electrons. The largest absolute Gasteiger partial charge is 0.395 e. The Labute approximate surface area is 109 Å².